The minimum Gasteiger partial charge on any atom is -0.328 e. The zero-order valence-electron chi connectivity index (χ0n) is 9.82. The summed E-state index contributed by atoms with van der Waals surface area (Å²) >= 11 is 2.08. The highest BCUT2D eigenvalue weighted by Gasteiger charge is 2.31. The Kier molecular flexibility index (Phi) is 4.35. The van der Waals surface area contributed by atoms with Crippen LogP contribution in [0.15, 0.2) is 0 Å². The van der Waals surface area contributed by atoms with Gasteiger partial charge < -0.3 is 5.73 Å². The molecule has 0 radical (unpaired) electrons. The van der Waals surface area contributed by atoms with E-state index in [0.29, 0.717) is 6.04 Å². The van der Waals surface area contributed by atoms with Gasteiger partial charge in [0.15, 0.2) is 0 Å². The molecule has 1 saturated carbocycles. The van der Waals surface area contributed by atoms with Crippen LogP contribution in [0, 0.1) is 0 Å². The van der Waals surface area contributed by atoms with E-state index in [1.165, 1.54) is 51.6 Å². The van der Waals surface area contributed by atoms with Gasteiger partial charge in [-0.05, 0) is 45.0 Å². The SMILES string of the molecule is CSC1CCCCC1N1CCC(N)CC1. The number of piperidine rings is 1. The van der Waals surface area contributed by atoms with Crippen LogP contribution in [-0.2, 0) is 0 Å². The van der Waals surface area contributed by atoms with Crippen LogP contribution in [0.1, 0.15) is 38.5 Å². The summed E-state index contributed by atoms with van der Waals surface area (Å²) in [6, 6.07) is 1.32. The molecule has 2 fully saturated rings. The van der Waals surface area contributed by atoms with Gasteiger partial charge in [0.2, 0.25) is 0 Å². The molecule has 1 aliphatic heterocycles. The fourth-order valence-corrected chi connectivity index (χ4v) is 4.05. The summed E-state index contributed by atoms with van der Waals surface area (Å²) in [6.45, 7) is 2.48. The van der Waals surface area contributed by atoms with Crippen LogP contribution in [0.2, 0.25) is 0 Å². The highest BCUT2D eigenvalue weighted by atomic mass is 32.2. The van der Waals surface area contributed by atoms with Gasteiger partial charge >= 0.3 is 0 Å². The molecule has 2 aliphatic rings. The summed E-state index contributed by atoms with van der Waals surface area (Å²) in [5.41, 5.74) is 5.96. The van der Waals surface area contributed by atoms with Crippen molar-refractivity contribution in [3.8, 4) is 0 Å². The van der Waals surface area contributed by atoms with Crippen molar-refractivity contribution >= 4 is 11.8 Å². The van der Waals surface area contributed by atoms with Gasteiger partial charge in [0.05, 0.1) is 0 Å². The van der Waals surface area contributed by atoms with Gasteiger partial charge in [0, 0.05) is 17.3 Å². The molecule has 0 amide bonds. The second-order valence-electron chi connectivity index (χ2n) is 5.00. The first-order chi connectivity index (χ1) is 7.31. The van der Waals surface area contributed by atoms with Crippen molar-refractivity contribution in [1.29, 1.82) is 0 Å². The third-order valence-electron chi connectivity index (χ3n) is 4.01. The predicted octanol–water partition coefficient (Wildman–Crippen LogP) is 2.08. The van der Waals surface area contributed by atoms with Crippen molar-refractivity contribution in [2.45, 2.75) is 55.9 Å². The van der Waals surface area contributed by atoms with E-state index in [-0.39, 0.29) is 0 Å². The lowest BCUT2D eigenvalue weighted by molar-refractivity contribution is 0.127. The zero-order chi connectivity index (χ0) is 10.7. The van der Waals surface area contributed by atoms with Crippen molar-refractivity contribution in [2.24, 2.45) is 5.73 Å². The molecule has 0 aromatic carbocycles. The van der Waals surface area contributed by atoms with Crippen molar-refractivity contribution in [2.75, 3.05) is 19.3 Å². The maximum atomic E-state index is 5.96. The molecule has 1 saturated heterocycles. The van der Waals surface area contributed by atoms with Crippen LogP contribution in [0.25, 0.3) is 0 Å². The van der Waals surface area contributed by atoms with Gasteiger partial charge in [-0.3, -0.25) is 4.90 Å². The molecule has 1 aliphatic carbocycles. The first kappa shape index (κ1) is 11.7. The van der Waals surface area contributed by atoms with Crippen LogP contribution >= 0.6 is 11.8 Å². The molecule has 1 heterocycles. The Labute approximate surface area is 98.0 Å². The monoisotopic (exact) mass is 228 g/mol. The van der Waals surface area contributed by atoms with E-state index in [2.05, 4.69) is 22.9 Å². The molecular weight excluding hydrogens is 204 g/mol. The van der Waals surface area contributed by atoms with Crippen molar-refractivity contribution < 1.29 is 0 Å². The van der Waals surface area contributed by atoms with Crippen molar-refractivity contribution in [3.05, 3.63) is 0 Å². The van der Waals surface area contributed by atoms with Gasteiger partial charge in [-0.1, -0.05) is 12.8 Å². The molecule has 15 heavy (non-hydrogen) atoms. The average molecular weight is 228 g/mol. The standard InChI is InChI=1S/C12H24N2S/c1-15-12-5-3-2-4-11(12)14-8-6-10(13)7-9-14/h10-12H,2-9,13H2,1H3. The summed E-state index contributed by atoms with van der Waals surface area (Å²) in [5.74, 6) is 0. The molecule has 0 aromatic rings. The minimum atomic E-state index is 0.470. The second kappa shape index (κ2) is 5.55. The summed E-state index contributed by atoms with van der Waals surface area (Å²) in [4.78, 5) is 2.71. The second-order valence-corrected chi connectivity index (χ2v) is 6.08. The Balaban J connectivity index is 1.90. The lowest BCUT2D eigenvalue weighted by Crippen LogP contribution is -2.49. The van der Waals surface area contributed by atoms with E-state index in [0.717, 1.165) is 11.3 Å². The van der Waals surface area contributed by atoms with Gasteiger partial charge in [0.25, 0.3) is 0 Å². The van der Waals surface area contributed by atoms with E-state index < -0.39 is 0 Å². The number of thioether (sulfide) groups is 1. The Morgan fingerprint density at radius 3 is 2.40 bits per heavy atom. The molecule has 0 aromatic heterocycles. The molecule has 2 rings (SSSR count). The predicted molar refractivity (Wildman–Crippen MR) is 68.3 cm³/mol. The Bertz CT molecular complexity index is 190. The lowest BCUT2D eigenvalue weighted by atomic mass is 9.91. The number of rotatable bonds is 2. The summed E-state index contributed by atoms with van der Waals surface area (Å²) in [7, 11) is 0. The fourth-order valence-electron chi connectivity index (χ4n) is 3.02. The van der Waals surface area contributed by atoms with Crippen LogP contribution in [0.3, 0.4) is 0 Å². The lowest BCUT2D eigenvalue weighted by Gasteiger charge is -2.42. The van der Waals surface area contributed by atoms with Crippen molar-refractivity contribution in [1.82, 2.24) is 4.90 Å². The third-order valence-corrected chi connectivity index (χ3v) is 5.17. The highest BCUT2D eigenvalue weighted by Crippen LogP contribution is 2.31. The van der Waals surface area contributed by atoms with E-state index in [4.69, 9.17) is 5.73 Å². The maximum absolute atomic E-state index is 5.96. The summed E-state index contributed by atoms with van der Waals surface area (Å²) in [5, 5.41) is 0.882. The number of nitrogens with two attached hydrogens (primary N) is 1. The largest absolute Gasteiger partial charge is 0.328 e. The maximum Gasteiger partial charge on any atom is 0.0214 e. The van der Waals surface area contributed by atoms with E-state index in [1.807, 2.05) is 0 Å². The molecule has 0 spiro atoms. The van der Waals surface area contributed by atoms with Crippen LogP contribution in [0.5, 0.6) is 0 Å². The van der Waals surface area contributed by atoms with Gasteiger partial charge in [-0.2, -0.15) is 11.8 Å². The zero-order valence-corrected chi connectivity index (χ0v) is 10.6. The molecule has 2 nitrogen and oxygen atoms in total. The first-order valence-corrected chi connectivity index (χ1v) is 7.62. The van der Waals surface area contributed by atoms with E-state index >= 15 is 0 Å². The normalized spacial score (nSPS) is 35.6. The summed E-state index contributed by atoms with van der Waals surface area (Å²) in [6.07, 6.45) is 10.4. The van der Waals surface area contributed by atoms with Crippen LogP contribution < -0.4 is 5.73 Å². The van der Waals surface area contributed by atoms with Crippen LogP contribution in [0.4, 0.5) is 0 Å². The Hall–Kier alpha value is 0.270. The molecule has 88 valence electrons. The van der Waals surface area contributed by atoms with Crippen molar-refractivity contribution in [3.63, 3.8) is 0 Å². The topological polar surface area (TPSA) is 29.3 Å². The van der Waals surface area contributed by atoms with Gasteiger partial charge in [-0.15, -0.1) is 0 Å². The smallest absolute Gasteiger partial charge is 0.0214 e. The van der Waals surface area contributed by atoms with Crippen LogP contribution in [-0.4, -0.2) is 41.6 Å². The summed E-state index contributed by atoms with van der Waals surface area (Å²) < 4.78 is 0. The first-order valence-electron chi connectivity index (χ1n) is 6.33. The molecular formula is C12H24N2S. The molecule has 2 atom stereocenters. The number of hydrogen-bond donors (Lipinski definition) is 1. The quantitative estimate of drug-likeness (QED) is 0.784. The number of hydrogen-bond acceptors (Lipinski definition) is 3. The number of nitrogens with zero attached hydrogens (tertiary/aromatic N) is 1. The third kappa shape index (κ3) is 2.89. The molecule has 2 unspecified atom stereocenters. The van der Waals surface area contributed by atoms with Gasteiger partial charge in [0.1, 0.15) is 0 Å². The number of likely N-dealkylation sites (tertiary alicyclic amines) is 1. The van der Waals surface area contributed by atoms with Gasteiger partial charge in [-0.25, -0.2) is 0 Å². The molecule has 3 heteroatoms. The molecule has 2 N–H and O–H groups in total. The van der Waals surface area contributed by atoms with E-state index in [9.17, 15) is 0 Å². The Morgan fingerprint density at radius 1 is 1.07 bits per heavy atom. The molecule has 0 bridgehead atoms. The minimum absolute atomic E-state index is 0.470. The Morgan fingerprint density at radius 2 is 1.73 bits per heavy atom. The fraction of sp³-hybridized carbons (Fsp3) is 1.00. The average Bonchev–Trinajstić information content (AvgIpc) is 2.30. The van der Waals surface area contributed by atoms with E-state index in [1.54, 1.807) is 0 Å². The highest BCUT2D eigenvalue weighted by molar-refractivity contribution is 7.99.